The smallest absolute Gasteiger partial charge is 0.310 e. The van der Waals surface area contributed by atoms with E-state index in [1.165, 1.54) is 0 Å². The highest BCUT2D eigenvalue weighted by atomic mass is 19.1. The Bertz CT molecular complexity index is 704. The van der Waals surface area contributed by atoms with Crippen LogP contribution in [0.4, 0.5) is 8.78 Å². The molecular weight excluding hydrogens is 318 g/mol. The number of rotatable bonds is 5. The Balaban J connectivity index is 1.78. The van der Waals surface area contributed by atoms with Crippen LogP contribution < -0.4 is 0 Å². The molecule has 1 aromatic carbocycles. The van der Waals surface area contributed by atoms with Gasteiger partial charge in [0.2, 0.25) is 0 Å². The number of benzene rings is 1. The van der Waals surface area contributed by atoms with E-state index in [0.29, 0.717) is 12.0 Å². The van der Waals surface area contributed by atoms with Gasteiger partial charge in [-0.1, -0.05) is 0 Å². The zero-order valence-electron chi connectivity index (χ0n) is 13.9. The van der Waals surface area contributed by atoms with E-state index in [0.717, 1.165) is 18.2 Å². The lowest BCUT2D eigenvalue weighted by molar-refractivity contribution is -0.157. The van der Waals surface area contributed by atoms with Crippen LogP contribution in [0.5, 0.6) is 0 Å². The average molecular weight is 338 g/mol. The topological polar surface area (TPSA) is 63.6 Å². The minimum absolute atomic E-state index is 0.0183. The first-order valence-corrected chi connectivity index (χ1v) is 7.90. The standard InChI is InChI=1S/C18H20F2O4/c1-16(2,3)24-14(21)9-17-8-13(17)18(17,15(22)23)7-10-4-11(19)6-12(20)5-10/h4-6,13H,7-9H2,1-3H3,(H,22,23)/t13?,17?,18-/m1/s1. The van der Waals surface area contributed by atoms with Gasteiger partial charge in [0, 0.05) is 11.5 Å². The van der Waals surface area contributed by atoms with Crippen LogP contribution in [0.15, 0.2) is 18.2 Å². The third kappa shape index (κ3) is 2.58. The van der Waals surface area contributed by atoms with Crippen LogP contribution in [0.3, 0.4) is 0 Å². The van der Waals surface area contributed by atoms with Gasteiger partial charge in [0.05, 0.1) is 11.8 Å². The van der Waals surface area contributed by atoms with Gasteiger partial charge < -0.3 is 9.84 Å². The van der Waals surface area contributed by atoms with Crippen LogP contribution >= 0.6 is 0 Å². The molecule has 1 N–H and O–H groups in total. The fourth-order valence-corrected chi connectivity index (χ4v) is 4.05. The maximum atomic E-state index is 13.4. The van der Waals surface area contributed by atoms with Crippen molar-refractivity contribution in [3.8, 4) is 0 Å². The summed E-state index contributed by atoms with van der Waals surface area (Å²) in [5.41, 5.74) is -2.09. The molecule has 4 nitrogen and oxygen atoms in total. The normalized spacial score (nSPS) is 30.5. The fraction of sp³-hybridized carbons (Fsp3) is 0.556. The number of ether oxygens (including phenoxy) is 1. The summed E-state index contributed by atoms with van der Waals surface area (Å²) in [5.74, 6) is -3.06. The minimum atomic E-state index is -1.12. The van der Waals surface area contributed by atoms with Crippen molar-refractivity contribution in [2.45, 2.75) is 45.6 Å². The first-order valence-electron chi connectivity index (χ1n) is 7.90. The van der Waals surface area contributed by atoms with Gasteiger partial charge in [-0.3, -0.25) is 9.59 Å². The van der Waals surface area contributed by atoms with Crippen molar-refractivity contribution < 1.29 is 28.2 Å². The molecule has 2 aliphatic rings. The molecule has 0 amide bonds. The Morgan fingerprint density at radius 3 is 2.29 bits per heavy atom. The van der Waals surface area contributed by atoms with Crippen molar-refractivity contribution in [3.63, 3.8) is 0 Å². The Hall–Kier alpha value is -1.98. The van der Waals surface area contributed by atoms with Gasteiger partial charge in [0.1, 0.15) is 17.2 Å². The highest BCUT2D eigenvalue weighted by Crippen LogP contribution is 2.90. The second-order valence-electron chi connectivity index (χ2n) is 7.91. The summed E-state index contributed by atoms with van der Waals surface area (Å²) >= 11 is 0. The van der Waals surface area contributed by atoms with E-state index in [4.69, 9.17) is 4.74 Å². The lowest BCUT2D eigenvalue weighted by Crippen LogP contribution is -2.32. The predicted octanol–water partition coefficient (Wildman–Crippen LogP) is 3.33. The quantitative estimate of drug-likeness (QED) is 0.837. The molecule has 2 aliphatic carbocycles. The van der Waals surface area contributed by atoms with E-state index in [1.54, 1.807) is 20.8 Å². The number of carboxylic acid groups (broad SMARTS) is 1. The summed E-state index contributed by atoms with van der Waals surface area (Å²) in [6.45, 7) is 5.25. The monoisotopic (exact) mass is 338 g/mol. The summed E-state index contributed by atoms with van der Waals surface area (Å²) in [4.78, 5) is 23.9. The lowest BCUT2D eigenvalue weighted by Gasteiger charge is -2.25. The Morgan fingerprint density at radius 1 is 1.25 bits per heavy atom. The van der Waals surface area contributed by atoms with Gasteiger partial charge in [-0.05, 0) is 57.2 Å². The van der Waals surface area contributed by atoms with Crippen LogP contribution in [-0.4, -0.2) is 22.6 Å². The van der Waals surface area contributed by atoms with Crippen LogP contribution in [0, 0.1) is 28.4 Å². The van der Waals surface area contributed by atoms with Crippen molar-refractivity contribution in [1.29, 1.82) is 0 Å². The summed E-state index contributed by atoms with van der Waals surface area (Å²) in [5, 5.41) is 9.68. The van der Waals surface area contributed by atoms with Gasteiger partial charge in [-0.15, -0.1) is 0 Å². The molecule has 0 aliphatic heterocycles. The maximum Gasteiger partial charge on any atom is 0.310 e. The molecule has 0 saturated heterocycles. The zero-order chi connectivity index (χ0) is 17.9. The molecule has 2 saturated carbocycles. The van der Waals surface area contributed by atoms with Crippen molar-refractivity contribution in [2.75, 3.05) is 0 Å². The highest BCUT2D eigenvalue weighted by Gasteiger charge is 2.92. The molecule has 2 fully saturated rings. The SMILES string of the molecule is CC(C)(C)OC(=O)CC12CC1[C@]2(Cc1cc(F)cc(F)c1)C(=O)O. The number of carbonyl (C=O) groups excluding carboxylic acids is 1. The summed E-state index contributed by atoms with van der Waals surface area (Å²) < 4.78 is 32.0. The molecule has 0 bridgehead atoms. The molecule has 0 heterocycles. The number of esters is 1. The zero-order valence-corrected chi connectivity index (χ0v) is 13.9. The number of aliphatic carboxylic acids is 1. The Morgan fingerprint density at radius 2 is 1.83 bits per heavy atom. The molecule has 6 heteroatoms. The molecule has 24 heavy (non-hydrogen) atoms. The van der Waals surface area contributed by atoms with E-state index >= 15 is 0 Å². The van der Waals surface area contributed by atoms with Crippen molar-refractivity contribution in [3.05, 3.63) is 35.4 Å². The van der Waals surface area contributed by atoms with Gasteiger partial charge in [0.25, 0.3) is 0 Å². The third-order valence-electron chi connectivity index (χ3n) is 5.14. The van der Waals surface area contributed by atoms with Crippen molar-refractivity contribution in [2.24, 2.45) is 16.7 Å². The Kier molecular flexibility index (Phi) is 3.52. The molecule has 0 radical (unpaired) electrons. The molecule has 130 valence electrons. The highest BCUT2D eigenvalue weighted by molar-refractivity contribution is 5.87. The van der Waals surface area contributed by atoms with Gasteiger partial charge in [-0.25, -0.2) is 8.78 Å². The van der Waals surface area contributed by atoms with Crippen molar-refractivity contribution >= 4 is 11.9 Å². The molecule has 1 aromatic rings. The second-order valence-corrected chi connectivity index (χ2v) is 7.91. The van der Waals surface area contributed by atoms with Crippen LogP contribution in [0.25, 0.3) is 0 Å². The van der Waals surface area contributed by atoms with Gasteiger partial charge in [-0.2, -0.15) is 0 Å². The number of hydrogen-bond donors (Lipinski definition) is 1. The first-order chi connectivity index (χ1) is 11.0. The molecule has 0 spiro atoms. The van der Waals surface area contributed by atoms with E-state index < -0.39 is 40.0 Å². The predicted molar refractivity (Wildman–Crippen MR) is 81.1 cm³/mol. The third-order valence-corrected chi connectivity index (χ3v) is 5.14. The summed E-state index contributed by atoms with van der Waals surface area (Å²) in [6.07, 6.45) is 0.680. The number of fused-ring (bicyclic) bond motifs is 1. The van der Waals surface area contributed by atoms with Crippen molar-refractivity contribution in [1.82, 2.24) is 0 Å². The number of carbonyl (C=O) groups is 2. The maximum absolute atomic E-state index is 13.4. The number of carboxylic acids is 1. The average Bonchev–Trinajstić information content (AvgIpc) is 3.20. The molecular formula is C18H20F2O4. The van der Waals surface area contributed by atoms with Crippen LogP contribution in [0.2, 0.25) is 0 Å². The number of halogens is 2. The Labute approximate surface area is 138 Å². The van der Waals surface area contributed by atoms with Crippen LogP contribution in [-0.2, 0) is 20.7 Å². The van der Waals surface area contributed by atoms with E-state index in [-0.39, 0.29) is 18.8 Å². The number of hydrogen-bond acceptors (Lipinski definition) is 3. The van der Waals surface area contributed by atoms with E-state index in [1.807, 2.05) is 0 Å². The van der Waals surface area contributed by atoms with Crippen LogP contribution in [0.1, 0.15) is 39.2 Å². The van der Waals surface area contributed by atoms with E-state index in [9.17, 15) is 23.5 Å². The fourth-order valence-electron chi connectivity index (χ4n) is 4.05. The van der Waals surface area contributed by atoms with E-state index in [2.05, 4.69) is 0 Å². The second kappa shape index (κ2) is 5.01. The van der Waals surface area contributed by atoms with Gasteiger partial charge in [0.15, 0.2) is 0 Å². The molecule has 0 aromatic heterocycles. The first kappa shape index (κ1) is 16.9. The molecule has 3 atom stereocenters. The lowest BCUT2D eigenvalue weighted by atomic mass is 9.80. The summed E-state index contributed by atoms with van der Waals surface area (Å²) in [6, 6.07) is 3.04. The van der Waals surface area contributed by atoms with Gasteiger partial charge >= 0.3 is 11.9 Å². The largest absolute Gasteiger partial charge is 0.481 e. The minimum Gasteiger partial charge on any atom is -0.481 e. The molecule has 2 unspecified atom stereocenters. The molecule has 3 rings (SSSR count). The summed E-state index contributed by atoms with van der Waals surface area (Å²) in [7, 11) is 0.